The van der Waals surface area contributed by atoms with Gasteiger partial charge in [0.1, 0.15) is 29.9 Å². The quantitative estimate of drug-likeness (QED) is 0.311. The lowest BCUT2D eigenvalue weighted by Gasteiger charge is -2.30. The molecule has 0 aliphatic carbocycles. The van der Waals surface area contributed by atoms with Crippen LogP contribution in [-0.2, 0) is 4.79 Å². The van der Waals surface area contributed by atoms with E-state index in [0.717, 1.165) is 10.0 Å². The Bertz CT molecular complexity index is 1650. The largest absolute Gasteiger partial charge is 0.497 e. The molecule has 0 spiro atoms. The lowest BCUT2D eigenvalue weighted by Crippen LogP contribution is -2.43. The van der Waals surface area contributed by atoms with Crippen LogP contribution >= 0.6 is 27.3 Å². The van der Waals surface area contributed by atoms with E-state index in [9.17, 15) is 9.59 Å². The number of likely N-dealkylation sites (N-methyl/N-ethyl adjacent to an activating group) is 1. The molecule has 40 heavy (non-hydrogen) atoms. The van der Waals surface area contributed by atoms with Gasteiger partial charge in [-0.3, -0.25) is 14.2 Å². The predicted molar refractivity (Wildman–Crippen MR) is 161 cm³/mol. The van der Waals surface area contributed by atoms with Crippen LogP contribution in [0.4, 0.5) is 0 Å². The summed E-state index contributed by atoms with van der Waals surface area (Å²) in [6, 6.07) is 10.2. The van der Waals surface area contributed by atoms with Gasteiger partial charge in [-0.05, 0) is 78.7 Å². The minimum atomic E-state index is -0.752. The molecule has 0 N–H and O–H groups in total. The zero-order chi connectivity index (χ0) is 29.0. The van der Waals surface area contributed by atoms with Crippen molar-refractivity contribution in [3.05, 3.63) is 95.6 Å². The number of fused-ring (bicyclic) bond motifs is 1. The Labute approximate surface area is 245 Å². The Kier molecular flexibility index (Phi) is 9.32. The highest BCUT2D eigenvalue weighted by atomic mass is 79.9. The molecule has 8 nitrogen and oxygen atoms in total. The summed E-state index contributed by atoms with van der Waals surface area (Å²) in [5, 5.41) is 0. The number of hydrogen-bond donors (Lipinski definition) is 0. The Morgan fingerprint density at radius 2 is 1.88 bits per heavy atom. The van der Waals surface area contributed by atoms with Gasteiger partial charge in [-0.25, -0.2) is 4.99 Å². The molecule has 0 fully saturated rings. The van der Waals surface area contributed by atoms with Crippen LogP contribution in [0.3, 0.4) is 0 Å². The molecule has 4 rings (SSSR count). The standard InChI is InChI=1S/C30H32BrN3O5S/c1-7-14-39-24-12-10-19(15-22(24)31)16-25-28(35)34-27(21-17-20(37-5)11-13-23(21)38-6)26(18(4)32-30(34)40-25)29(36)33(8-2)9-3/h7,10-13,15-17,27H,1,8-9,14H2,2-6H3/b25-16+/t27-/m1/s1. The predicted octanol–water partition coefficient (Wildman–Crippen LogP) is 4.45. The second-order valence-corrected chi connectivity index (χ2v) is 10.8. The molecule has 210 valence electrons. The smallest absolute Gasteiger partial charge is 0.271 e. The SMILES string of the molecule is C=CCOc1ccc(/C=c2/sc3n(c2=O)[C@H](c2cc(OC)ccc2OC)C(C(=O)N(CC)CC)=C(C)N=3)cc1Br. The number of nitrogens with zero attached hydrogens (tertiary/aromatic N) is 3. The number of carbonyl (C=O) groups is 1. The van der Waals surface area contributed by atoms with E-state index < -0.39 is 6.04 Å². The number of thiazole rings is 1. The van der Waals surface area contributed by atoms with Crippen molar-refractivity contribution in [3.63, 3.8) is 0 Å². The minimum absolute atomic E-state index is 0.172. The number of benzene rings is 2. The maximum absolute atomic E-state index is 14.0. The molecule has 1 aliphatic heterocycles. The first-order valence-electron chi connectivity index (χ1n) is 12.8. The molecule has 0 saturated carbocycles. The van der Waals surface area contributed by atoms with Gasteiger partial charge < -0.3 is 19.1 Å². The third-order valence-corrected chi connectivity index (χ3v) is 8.25. The summed E-state index contributed by atoms with van der Waals surface area (Å²) in [6.07, 6.45) is 3.49. The van der Waals surface area contributed by atoms with E-state index in [1.807, 2.05) is 51.1 Å². The van der Waals surface area contributed by atoms with Crippen molar-refractivity contribution >= 4 is 39.2 Å². The second-order valence-electron chi connectivity index (χ2n) is 8.96. The number of methoxy groups -OCH3 is 2. The highest BCUT2D eigenvalue weighted by Crippen LogP contribution is 2.38. The maximum atomic E-state index is 14.0. The maximum Gasteiger partial charge on any atom is 0.271 e. The summed E-state index contributed by atoms with van der Waals surface area (Å²) in [5.74, 6) is 1.64. The third kappa shape index (κ3) is 5.64. The van der Waals surface area contributed by atoms with Gasteiger partial charge in [0.25, 0.3) is 11.5 Å². The van der Waals surface area contributed by atoms with Gasteiger partial charge in [-0.1, -0.05) is 30.1 Å². The molecule has 1 amide bonds. The van der Waals surface area contributed by atoms with E-state index in [1.54, 1.807) is 41.9 Å². The molecule has 0 saturated heterocycles. The monoisotopic (exact) mass is 625 g/mol. The normalized spacial score (nSPS) is 14.8. The van der Waals surface area contributed by atoms with E-state index in [1.165, 1.54) is 11.3 Å². The van der Waals surface area contributed by atoms with Crippen LogP contribution in [0.2, 0.25) is 0 Å². The number of halogens is 1. The van der Waals surface area contributed by atoms with Crippen LogP contribution in [0.5, 0.6) is 17.2 Å². The van der Waals surface area contributed by atoms with Crippen molar-refractivity contribution in [1.29, 1.82) is 0 Å². The zero-order valence-corrected chi connectivity index (χ0v) is 25.6. The number of rotatable bonds is 10. The van der Waals surface area contributed by atoms with Gasteiger partial charge in [0.15, 0.2) is 4.80 Å². The van der Waals surface area contributed by atoms with E-state index in [2.05, 4.69) is 22.5 Å². The van der Waals surface area contributed by atoms with Crippen LogP contribution < -0.4 is 29.1 Å². The van der Waals surface area contributed by atoms with Crippen molar-refractivity contribution in [2.45, 2.75) is 26.8 Å². The van der Waals surface area contributed by atoms with Crippen molar-refractivity contribution in [3.8, 4) is 17.2 Å². The molecule has 0 bridgehead atoms. The topological polar surface area (TPSA) is 82.4 Å². The molecular formula is C30H32BrN3O5S. The summed E-state index contributed by atoms with van der Waals surface area (Å²) < 4.78 is 19.7. The van der Waals surface area contributed by atoms with Crippen molar-refractivity contribution in [2.24, 2.45) is 4.99 Å². The van der Waals surface area contributed by atoms with Crippen molar-refractivity contribution in [1.82, 2.24) is 9.47 Å². The molecule has 2 aromatic carbocycles. The van der Waals surface area contributed by atoms with Crippen LogP contribution in [0.15, 0.2) is 74.6 Å². The molecule has 10 heteroatoms. The lowest BCUT2D eigenvalue weighted by molar-refractivity contribution is -0.127. The molecule has 1 aromatic heterocycles. The Morgan fingerprint density at radius 3 is 2.50 bits per heavy atom. The lowest BCUT2D eigenvalue weighted by atomic mass is 9.93. The number of ether oxygens (including phenoxy) is 3. The first kappa shape index (κ1) is 29.4. The van der Waals surface area contributed by atoms with Crippen LogP contribution in [0.1, 0.15) is 37.9 Å². The molecule has 1 atom stereocenters. The summed E-state index contributed by atoms with van der Waals surface area (Å²) in [4.78, 5) is 34.9. The average molecular weight is 627 g/mol. The number of carbonyl (C=O) groups excluding carboxylic acids is 1. The highest BCUT2D eigenvalue weighted by Gasteiger charge is 2.36. The third-order valence-electron chi connectivity index (χ3n) is 6.64. The van der Waals surface area contributed by atoms with Crippen molar-refractivity contribution in [2.75, 3.05) is 33.9 Å². The summed E-state index contributed by atoms with van der Waals surface area (Å²) in [5.41, 5.74) is 2.20. The molecule has 0 radical (unpaired) electrons. The molecule has 3 aromatic rings. The van der Waals surface area contributed by atoms with Crippen molar-refractivity contribution < 1.29 is 19.0 Å². The van der Waals surface area contributed by atoms with Gasteiger partial charge in [-0.15, -0.1) is 0 Å². The van der Waals surface area contributed by atoms with E-state index in [0.29, 0.717) is 63.1 Å². The summed E-state index contributed by atoms with van der Waals surface area (Å²) in [6.45, 7) is 10.8. The number of aromatic nitrogens is 1. The molecule has 0 unspecified atom stereocenters. The highest BCUT2D eigenvalue weighted by molar-refractivity contribution is 9.10. The Morgan fingerprint density at radius 1 is 1.15 bits per heavy atom. The first-order chi connectivity index (χ1) is 19.3. The second kappa shape index (κ2) is 12.7. The fourth-order valence-electron chi connectivity index (χ4n) is 4.65. The fraction of sp³-hybridized carbons (Fsp3) is 0.300. The van der Waals surface area contributed by atoms with Gasteiger partial charge in [-0.2, -0.15) is 0 Å². The minimum Gasteiger partial charge on any atom is -0.497 e. The fourth-order valence-corrected chi connectivity index (χ4v) is 6.21. The summed E-state index contributed by atoms with van der Waals surface area (Å²) in [7, 11) is 3.14. The van der Waals surface area contributed by atoms with Crippen LogP contribution in [0, 0.1) is 0 Å². The molecular weight excluding hydrogens is 594 g/mol. The Balaban J connectivity index is 1.95. The van der Waals surface area contributed by atoms with Gasteiger partial charge >= 0.3 is 0 Å². The van der Waals surface area contributed by atoms with E-state index in [-0.39, 0.29) is 11.5 Å². The van der Waals surface area contributed by atoms with Crippen LogP contribution in [0.25, 0.3) is 6.08 Å². The van der Waals surface area contributed by atoms with Gasteiger partial charge in [0, 0.05) is 18.7 Å². The zero-order valence-electron chi connectivity index (χ0n) is 23.2. The Hall–Kier alpha value is -3.63. The van der Waals surface area contributed by atoms with Crippen LogP contribution in [-0.4, -0.2) is 49.3 Å². The van der Waals surface area contributed by atoms with E-state index >= 15 is 0 Å². The molecule has 2 heterocycles. The number of allylic oxidation sites excluding steroid dienone is 1. The van der Waals surface area contributed by atoms with Gasteiger partial charge in [0.2, 0.25) is 0 Å². The van der Waals surface area contributed by atoms with E-state index in [4.69, 9.17) is 19.2 Å². The number of amides is 1. The first-order valence-corrected chi connectivity index (χ1v) is 14.5. The van der Waals surface area contributed by atoms with Gasteiger partial charge in [0.05, 0.1) is 34.5 Å². The number of hydrogen-bond acceptors (Lipinski definition) is 7. The summed E-state index contributed by atoms with van der Waals surface area (Å²) >= 11 is 4.82. The average Bonchev–Trinajstić information content (AvgIpc) is 3.25. The molecule has 1 aliphatic rings.